The smallest absolute Gasteiger partial charge is 0.234 e. The van der Waals surface area contributed by atoms with Crippen LogP contribution in [0.2, 0.25) is 0 Å². The van der Waals surface area contributed by atoms with E-state index in [4.69, 9.17) is 0 Å². The van der Waals surface area contributed by atoms with Crippen molar-refractivity contribution in [2.45, 2.75) is 19.0 Å². The van der Waals surface area contributed by atoms with Gasteiger partial charge < -0.3 is 9.72 Å². The molecule has 1 unspecified atom stereocenters. The summed E-state index contributed by atoms with van der Waals surface area (Å²) < 4.78 is 24.9. The van der Waals surface area contributed by atoms with E-state index in [9.17, 15) is 13.2 Å². The maximum absolute atomic E-state index is 12.0. The van der Waals surface area contributed by atoms with E-state index in [1.54, 1.807) is 7.05 Å². The number of pyridine rings is 1. The third-order valence-electron chi connectivity index (χ3n) is 4.11. The highest BCUT2D eigenvalue weighted by molar-refractivity contribution is 7.91. The first-order chi connectivity index (χ1) is 10.9. The predicted octanol–water partition coefficient (Wildman–Crippen LogP) is 0.0694. The fraction of sp³-hybridized carbons (Fsp3) is 0.467. The Bertz CT molecular complexity index is 782. The van der Waals surface area contributed by atoms with E-state index >= 15 is 0 Å². The van der Waals surface area contributed by atoms with E-state index < -0.39 is 9.84 Å². The van der Waals surface area contributed by atoms with Gasteiger partial charge in [0.2, 0.25) is 5.91 Å². The average molecular weight is 336 g/mol. The van der Waals surface area contributed by atoms with Gasteiger partial charge in [-0.2, -0.15) is 0 Å². The van der Waals surface area contributed by atoms with Crippen molar-refractivity contribution in [1.29, 1.82) is 0 Å². The number of carbonyl (C=O) groups excluding carboxylic acids is 1. The fourth-order valence-corrected chi connectivity index (χ4v) is 4.60. The van der Waals surface area contributed by atoms with Gasteiger partial charge in [0.1, 0.15) is 5.65 Å². The van der Waals surface area contributed by atoms with E-state index in [0.29, 0.717) is 13.0 Å². The molecule has 3 heterocycles. The minimum absolute atomic E-state index is 0.0686. The lowest BCUT2D eigenvalue weighted by atomic mass is 10.2. The van der Waals surface area contributed by atoms with Crippen LogP contribution in [0, 0.1) is 0 Å². The zero-order valence-electron chi connectivity index (χ0n) is 13.0. The highest BCUT2D eigenvalue weighted by Gasteiger charge is 2.31. The van der Waals surface area contributed by atoms with E-state index in [2.05, 4.69) is 10.3 Å². The van der Waals surface area contributed by atoms with E-state index in [1.807, 2.05) is 39.9 Å². The van der Waals surface area contributed by atoms with Gasteiger partial charge in [0.25, 0.3) is 0 Å². The maximum atomic E-state index is 12.0. The van der Waals surface area contributed by atoms with E-state index in [1.165, 1.54) is 0 Å². The second-order valence-corrected chi connectivity index (χ2v) is 8.18. The monoisotopic (exact) mass is 336 g/mol. The zero-order valence-corrected chi connectivity index (χ0v) is 13.8. The van der Waals surface area contributed by atoms with Crippen LogP contribution in [-0.2, 0) is 21.2 Å². The molecule has 0 radical (unpaired) electrons. The quantitative estimate of drug-likeness (QED) is 0.835. The van der Waals surface area contributed by atoms with Crippen molar-refractivity contribution in [2.24, 2.45) is 0 Å². The molecule has 0 bridgehead atoms. The van der Waals surface area contributed by atoms with Crippen LogP contribution in [-0.4, -0.2) is 59.7 Å². The van der Waals surface area contributed by atoms with Crippen molar-refractivity contribution in [2.75, 3.05) is 25.1 Å². The number of nitrogens with zero attached hydrogens (tertiary/aromatic N) is 3. The van der Waals surface area contributed by atoms with Gasteiger partial charge in [0.15, 0.2) is 9.84 Å². The summed E-state index contributed by atoms with van der Waals surface area (Å²) in [7, 11) is -1.14. The highest BCUT2D eigenvalue weighted by Crippen LogP contribution is 2.16. The third kappa shape index (κ3) is 3.89. The molecule has 2 aromatic heterocycles. The van der Waals surface area contributed by atoms with Crippen LogP contribution in [0.15, 0.2) is 30.6 Å². The lowest BCUT2D eigenvalue weighted by molar-refractivity contribution is -0.122. The molecule has 8 heteroatoms. The minimum atomic E-state index is -2.93. The van der Waals surface area contributed by atoms with Crippen molar-refractivity contribution in [1.82, 2.24) is 19.6 Å². The Labute approximate surface area is 135 Å². The summed E-state index contributed by atoms with van der Waals surface area (Å²) >= 11 is 0. The topological polar surface area (TPSA) is 83.8 Å². The van der Waals surface area contributed by atoms with Gasteiger partial charge in [0.05, 0.1) is 30.3 Å². The number of amides is 1. The van der Waals surface area contributed by atoms with Crippen molar-refractivity contribution in [3.63, 3.8) is 0 Å². The second-order valence-electron chi connectivity index (χ2n) is 5.95. The molecule has 0 aliphatic carbocycles. The first-order valence-corrected chi connectivity index (χ1v) is 9.35. The normalized spacial score (nSPS) is 20.2. The van der Waals surface area contributed by atoms with Crippen molar-refractivity contribution < 1.29 is 13.2 Å². The number of imidazole rings is 1. The lowest BCUT2D eigenvalue weighted by Crippen LogP contribution is -2.41. The van der Waals surface area contributed by atoms with Crippen LogP contribution in [0.1, 0.15) is 12.1 Å². The highest BCUT2D eigenvalue weighted by atomic mass is 32.2. The Kier molecular flexibility index (Phi) is 4.36. The summed E-state index contributed by atoms with van der Waals surface area (Å²) in [6.45, 7) is 0.547. The van der Waals surface area contributed by atoms with Crippen molar-refractivity contribution in [3.8, 4) is 0 Å². The summed E-state index contributed by atoms with van der Waals surface area (Å²) in [6, 6.07) is 5.66. The molecule has 23 heavy (non-hydrogen) atoms. The molecule has 1 amide bonds. The van der Waals surface area contributed by atoms with Gasteiger partial charge in [-0.3, -0.25) is 9.69 Å². The summed E-state index contributed by atoms with van der Waals surface area (Å²) in [4.78, 5) is 18.2. The Morgan fingerprint density at radius 1 is 1.48 bits per heavy atom. The number of rotatable bonds is 5. The standard InChI is InChI=1S/C15H20N4O3S/c1-18(13-5-7-23(21,22)11-13)10-15(20)16-8-12-9-19-6-3-2-4-14(19)17-12/h2-4,6,9,13H,5,7-8,10-11H2,1H3,(H,16,20). The molecule has 0 aromatic carbocycles. The minimum Gasteiger partial charge on any atom is -0.349 e. The summed E-state index contributed by atoms with van der Waals surface area (Å²) in [5, 5.41) is 2.83. The summed E-state index contributed by atoms with van der Waals surface area (Å²) in [6.07, 6.45) is 4.38. The van der Waals surface area contributed by atoms with Crippen LogP contribution >= 0.6 is 0 Å². The molecule has 1 aliphatic rings. The molecular weight excluding hydrogens is 316 g/mol. The Morgan fingerprint density at radius 2 is 2.30 bits per heavy atom. The number of fused-ring (bicyclic) bond motifs is 1. The third-order valence-corrected chi connectivity index (χ3v) is 5.86. The van der Waals surface area contributed by atoms with Crippen LogP contribution in [0.5, 0.6) is 0 Å². The number of sulfone groups is 1. The first kappa shape index (κ1) is 15.9. The molecule has 2 aromatic rings. The number of likely N-dealkylation sites (N-methyl/N-ethyl adjacent to an activating group) is 1. The summed E-state index contributed by atoms with van der Waals surface area (Å²) in [5.74, 6) is 0.225. The summed E-state index contributed by atoms with van der Waals surface area (Å²) in [5.41, 5.74) is 1.63. The number of carbonyl (C=O) groups is 1. The van der Waals surface area contributed by atoms with Crippen molar-refractivity contribution >= 4 is 21.4 Å². The molecule has 0 saturated carbocycles. The number of hydrogen-bond acceptors (Lipinski definition) is 5. The zero-order chi connectivity index (χ0) is 16.4. The van der Waals surface area contributed by atoms with Gasteiger partial charge >= 0.3 is 0 Å². The molecule has 1 N–H and O–H groups in total. The van der Waals surface area contributed by atoms with E-state index in [0.717, 1.165) is 11.3 Å². The van der Waals surface area contributed by atoms with Gasteiger partial charge in [-0.25, -0.2) is 13.4 Å². The molecule has 0 spiro atoms. The largest absolute Gasteiger partial charge is 0.349 e. The number of nitrogens with one attached hydrogen (secondary N) is 1. The molecule has 1 atom stereocenters. The van der Waals surface area contributed by atoms with Gasteiger partial charge in [-0.15, -0.1) is 0 Å². The molecule has 1 aliphatic heterocycles. The van der Waals surface area contributed by atoms with Crippen LogP contribution in [0.3, 0.4) is 0 Å². The fourth-order valence-electron chi connectivity index (χ4n) is 2.80. The van der Waals surface area contributed by atoms with Gasteiger partial charge in [-0.05, 0) is 25.6 Å². The lowest BCUT2D eigenvalue weighted by Gasteiger charge is -2.22. The predicted molar refractivity (Wildman–Crippen MR) is 86.7 cm³/mol. The van der Waals surface area contributed by atoms with Crippen LogP contribution in [0.4, 0.5) is 0 Å². The second kappa shape index (κ2) is 6.29. The Balaban J connectivity index is 1.51. The Hall–Kier alpha value is -1.93. The Morgan fingerprint density at radius 3 is 3.00 bits per heavy atom. The maximum Gasteiger partial charge on any atom is 0.234 e. The SMILES string of the molecule is CN(CC(=O)NCc1cn2ccccc2n1)C1CCS(=O)(=O)C1. The number of hydrogen-bond donors (Lipinski definition) is 1. The van der Waals surface area contributed by atoms with Gasteiger partial charge in [0, 0.05) is 18.4 Å². The molecule has 1 fully saturated rings. The molecule has 7 nitrogen and oxygen atoms in total. The first-order valence-electron chi connectivity index (χ1n) is 7.53. The van der Waals surface area contributed by atoms with Crippen molar-refractivity contribution in [3.05, 3.63) is 36.3 Å². The molecular formula is C15H20N4O3S. The van der Waals surface area contributed by atoms with E-state index in [-0.39, 0.29) is 30.0 Å². The molecule has 124 valence electrons. The van der Waals surface area contributed by atoms with Gasteiger partial charge in [-0.1, -0.05) is 6.07 Å². The number of aromatic nitrogens is 2. The molecule has 3 rings (SSSR count). The van der Waals surface area contributed by atoms with Crippen LogP contribution < -0.4 is 5.32 Å². The average Bonchev–Trinajstić information content (AvgIpc) is 3.07. The molecule has 1 saturated heterocycles. The van der Waals surface area contributed by atoms with Crippen LogP contribution in [0.25, 0.3) is 5.65 Å².